The van der Waals surface area contributed by atoms with Gasteiger partial charge < -0.3 is 0 Å². The summed E-state index contributed by atoms with van der Waals surface area (Å²) in [6.45, 7) is 3.66. The summed E-state index contributed by atoms with van der Waals surface area (Å²) in [6.07, 6.45) is 4.88. The number of ketones is 1. The highest BCUT2D eigenvalue weighted by molar-refractivity contribution is 7.86. The minimum atomic E-state index is -4.41. The molecular formula is C21H18O4S. The molecule has 2 aromatic rings. The summed E-state index contributed by atoms with van der Waals surface area (Å²) in [5.74, 6) is -0.0830. The highest BCUT2D eigenvalue weighted by Gasteiger charge is 2.21. The third-order valence-electron chi connectivity index (χ3n) is 4.20. The molecule has 26 heavy (non-hydrogen) atoms. The molecule has 0 aliphatic heterocycles. The Morgan fingerprint density at radius 3 is 2.35 bits per heavy atom. The fraction of sp³-hybridized carbons (Fsp3) is 0.0952. The van der Waals surface area contributed by atoms with Crippen molar-refractivity contribution in [3.63, 3.8) is 0 Å². The molecule has 1 N–H and O–H groups in total. The van der Waals surface area contributed by atoms with Gasteiger partial charge in [0.15, 0.2) is 5.78 Å². The van der Waals surface area contributed by atoms with Crippen LogP contribution in [0.5, 0.6) is 0 Å². The van der Waals surface area contributed by atoms with Crippen molar-refractivity contribution < 1.29 is 17.8 Å². The van der Waals surface area contributed by atoms with E-state index in [1.165, 1.54) is 12.1 Å². The van der Waals surface area contributed by atoms with Crippen molar-refractivity contribution in [1.82, 2.24) is 0 Å². The maximum atomic E-state index is 11.9. The van der Waals surface area contributed by atoms with E-state index in [1.807, 2.05) is 31.2 Å². The largest absolute Gasteiger partial charge is 0.295 e. The van der Waals surface area contributed by atoms with E-state index in [4.69, 9.17) is 0 Å². The van der Waals surface area contributed by atoms with Crippen molar-refractivity contribution in [1.29, 1.82) is 0 Å². The molecule has 4 nitrogen and oxygen atoms in total. The van der Waals surface area contributed by atoms with Crippen LogP contribution in [0.2, 0.25) is 0 Å². The first kappa shape index (κ1) is 18.0. The van der Waals surface area contributed by atoms with Crippen LogP contribution in [0.3, 0.4) is 0 Å². The van der Waals surface area contributed by atoms with Gasteiger partial charge in [-0.1, -0.05) is 54.1 Å². The van der Waals surface area contributed by atoms with Gasteiger partial charge >= 0.3 is 0 Å². The Bertz CT molecular complexity index is 1090. The van der Waals surface area contributed by atoms with Gasteiger partial charge in [0.1, 0.15) is 4.90 Å². The minimum Gasteiger partial charge on any atom is -0.290 e. The Kier molecular flexibility index (Phi) is 4.76. The molecule has 0 unspecified atom stereocenters. The van der Waals surface area contributed by atoms with E-state index in [0.29, 0.717) is 22.3 Å². The van der Waals surface area contributed by atoms with Crippen LogP contribution in [-0.2, 0) is 14.9 Å². The average Bonchev–Trinajstić information content (AvgIpc) is 2.58. The van der Waals surface area contributed by atoms with E-state index in [-0.39, 0.29) is 10.7 Å². The van der Waals surface area contributed by atoms with Gasteiger partial charge in [0.05, 0.1) is 0 Å². The van der Waals surface area contributed by atoms with Crippen LogP contribution in [-0.4, -0.2) is 18.8 Å². The molecule has 3 rings (SSSR count). The molecule has 0 fully saturated rings. The van der Waals surface area contributed by atoms with Crippen molar-refractivity contribution in [2.24, 2.45) is 0 Å². The van der Waals surface area contributed by atoms with Crippen LogP contribution in [0.25, 0.3) is 5.57 Å². The van der Waals surface area contributed by atoms with Gasteiger partial charge in [-0.05, 0) is 54.3 Å². The lowest BCUT2D eigenvalue weighted by Crippen LogP contribution is -2.06. The lowest BCUT2D eigenvalue weighted by molar-refractivity contribution is -0.111. The van der Waals surface area contributed by atoms with Gasteiger partial charge in [0.2, 0.25) is 0 Å². The number of allylic oxidation sites excluding steroid dienone is 5. The number of aryl methyl sites for hydroxylation is 1. The lowest BCUT2D eigenvalue weighted by atomic mass is 9.89. The minimum absolute atomic E-state index is 0.0830. The van der Waals surface area contributed by atoms with Crippen LogP contribution in [0, 0.1) is 6.92 Å². The molecule has 0 atom stereocenters. The molecule has 0 spiro atoms. The summed E-state index contributed by atoms with van der Waals surface area (Å²) in [6, 6.07) is 14.0. The molecule has 0 heterocycles. The summed E-state index contributed by atoms with van der Waals surface area (Å²) in [4.78, 5) is 11.6. The summed E-state index contributed by atoms with van der Waals surface area (Å²) >= 11 is 0. The second-order valence-electron chi connectivity index (χ2n) is 6.20. The Hall–Kier alpha value is -2.76. The average molecular weight is 366 g/mol. The first-order valence-corrected chi connectivity index (χ1v) is 9.50. The van der Waals surface area contributed by atoms with E-state index in [9.17, 15) is 17.8 Å². The zero-order chi connectivity index (χ0) is 18.9. The van der Waals surface area contributed by atoms with E-state index >= 15 is 0 Å². The van der Waals surface area contributed by atoms with Crippen LogP contribution in [0.4, 0.5) is 0 Å². The molecule has 1 aliphatic carbocycles. The Morgan fingerprint density at radius 1 is 0.962 bits per heavy atom. The summed E-state index contributed by atoms with van der Waals surface area (Å²) in [5, 5.41) is 0. The molecule has 0 radical (unpaired) electrons. The molecule has 0 saturated carbocycles. The van der Waals surface area contributed by atoms with Crippen molar-refractivity contribution in [3.05, 3.63) is 94.6 Å². The van der Waals surface area contributed by atoms with Crippen LogP contribution in [0.1, 0.15) is 23.6 Å². The Labute approximate surface area is 152 Å². The normalized spacial score (nSPS) is 16.4. The molecule has 0 bridgehead atoms. The van der Waals surface area contributed by atoms with E-state index in [0.717, 1.165) is 11.1 Å². The maximum absolute atomic E-state index is 11.9. The topological polar surface area (TPSA) is 71.4 Å². The predicted molar refractivity (Wildman–Crippen MR) is 101 cm³/mol. The van der Waals surface area contributed by atoms with Gasteiger partial charge in [0.25, 0.3) is 10.1 Å². The zero-order valence-corrected chi connectivity index (χ0v) is 15.2. The second-order valence-corrected chi connectivity index (χ2v) is 7.59. The summed E-state index contributed by atoms with van der Waals surface area (Å²) < 4.78 is 33.5. The highest BCUT2D eigenvalue weighted by atomic mass is 32.2. The standard InChI is InChI=1S/C21H18O4S/c1-14-6-5-7-16(12-14)21(17-10-11-19(22)15(2)13-17)18-8-3-4-9-20(18)26(23,24)25/h3-13H,1-2H3,(H,23,24,25)/b21-17-. The van der Waals surface area contributed by atoms with E-state index in [2.05, 4.69) is 0 Å². The molecule has 0 aromatic heterocycles. The number of hydrogen-bond acceptors (Lipinski definition) is 3. The smallest absolute Gasteiger partial charge is 0.290 e. The quantitative estimate of drug-likeness (QED) is 0.829. The second kappa shape index (κ2) is 6.86. The third kappa shape index (κ3) is 3.59. The fourth-order valence-corrected chi connectivity index (χ4v) is 3.68. The number of rotatable bonds is 3. The molecule has 1 aliphatic rings. The highest BCUT2D eigenvalue weighted by Crippen LogP contribution is 2.34. The van der Waals surface area contributed by atoms with Crippen LogP contribution in [0.15, 0.2) is 82.8 Å². The van der Waals surface area contributed by atoms with Gasteiger partial charge in [-0.15, -0.1) is 0 Å². The first-order valence-electron chi connectivity index (χ1n) is 8.06. The molecule has 132 valence electrons. The van der Waals surface area contributed by atoms with Crippen LogP contribution < -0.4 is 0 Å². The van der Waals surface area contributed by atoms with E-state index < -0.39 is 10.1 Å². The number of benzene rings is 2. The van der Waals surface area contributed by atoms with Crippen LogP contribution >= 0.6 is 0 Å². The molecule has 0 saturated heterocycles. The molecule has 5 heteroatoms. The third-order valence-corrected chi connectivity index (χ3v) is 5.12. The van der Waals surface area contributed by atoms with Gasteiger partial charge in [-0.2, -0.15) is 8.42 Å². The van der Waals surface area contributed by atoms with Crippen molar-refractivity contribution in [2.75, 3.05) is 0 Å². The maximum Gasteiger partial charge on any atom is 0.295 e. The van der Waals surface area contributed by atoms with E-state index in [1.54, 1.807) is 37.3 Å². The summed E-state index contributed by atoms with van der Waals surface area (Å²) in [5.41, 5.74) is 4.13. The molecular weight excluding hydrogens is 348 g/mol. The summed E-state index contributed by atoms with van der Waals surface area (Å²) in [7, 11) is -4.41. The number of hydrogen-bond donors (Lipinski definition) is 1. The van der Waals surface area contributed by atoms with Crippen molar-refractivity contribution in [3.8, 4) is 0 Å². The fourth-order valence-electron chi connectivity index (χ4n) is 2.98. The zero-order valence-electron chi connectivity index (χ0n) is 14.4. The van der Waals surface area contributed by atoms with Gasteiger partial charge in [-0.3, -0.25) is 9.35 Å². The molecule has 2 aromatic carbocycles. The Balaban J connectivity index is 2.39. The van der Waals surface area contributed by atoms with Gasteiger partial charge in [0, 0.05) is 5.56 Å². The van der Waals surface area contributed by atoms with Gasteiger partial charge in [-0.25, -0.2) is 0 Å². The number of carbonyl (C=O) groups is 1. The monoisotopic (exact) mass is 366 g/mol. The van der Waals surface area contributed by atoms with Crippen molar-refractivity contribution >= 4 is 21.5 Å². The number of carbonyl (C=O) groups excluding carboxylic acids is 1. The Morgan fingerprint density at radius 2 is 1.69 bits per heavy atom. The predicted octanol–water partition coefficient (Wildman–Crippen LogP) is 4.13. The SMILES string of the molecule is CC1=C/C(=C(/c2cccc(C)c2)c2ccccc2S(=O)(=O)O)C=CC1=O. The lowest BCUT2D eigenvalue weighted by Gasteiger charge is -2.17. The first-order chi connectivity index (χ1) is 12.3. The van der Waals surface area contributed by atoms with Crippen molar-refractivity contribution in [2.45, 2.75) is 18.7 Å². The molecule has 0 amide bonds.